The highest BCUT2D eigenvalue weighted by Crippen LogP contribution is 2.29. The Hall–Kier alpha value is -3.66. The van der Waals surface area contributed by atoms with E-state index in [9.17, 15) is 8.78 Å². The number of halogens is 2. The lowest BCUT2D eigenvalue weighted by Crippen LogP contribution is -2.43. The maximum absolute atomic E-state index is 14.2. The van der Waals surface area contributed by atoms with Crippen molar-refractivity contribution in [3.63, 3.8) is 0 Å². The predicted molar refractivity (Wildman–Crippen MR) is 113 cm³/mol. The van der Waals surface area contributed by atoms with E-state index in [-0.39, 0.29) is 17.3 Å². The van der Waals surface area contributed by atoms with Gasteiger partial charge in [0.15, 0.2) is 5.82 Å². The maximum atomic E-state index is 14.2. The van der Waals surface area contributed by atoms with Gasteiger partial charge in [-0.25, -0.2) is 23.7 Å². The topological polar surface area (TPSA) is 97.3 Å². The molecular formula is C21H20F2N8. The van der Waals surface area contributed by atoms with Crippen molar-refractivity contribution in [2.45, 2.75) is 18.9 Å². The fourth-order valence-electron chi connectivity index (χ4n) is 3.83. The summed E-state index contributed by atoms with van der Waals surface area (Å²) in [6.07, 6.45) is 6.73. The molecule has 0 amide bonds. The highest BCUT2D eigenvalue weighted by atomic mass is 19.1. The van der Waals surface area contributed by atoms with Crippen molar-refractivity contribution in [3.05, 3.63) is 60.7 Å². The first kappa shape index (κ1) is 19.3. The van der Waals surface area contributed by atoms with Gasteiger partial charge in [-0.05, 0) is 37.1 Å². The van der Waals surface area contributed by atoms with Gasteiger partial charge in [-0.2, -0.15) is 9.61 Å². The fraction of sp³-hybridized carbons (Fsp3) is 0.238. The number of anilines is 3. The summed E-state index contributed by atoms with van der Waals surface area (Å²) in [6.45, 7) is 1.54. The van der Waals surface area contributed by atoms with Crippen LogP contribution in [0.4, 0.5) is 26.2 Å². The molecule has 1 aliphatic heterocycles. The molecule has 0 spiro atoms. The first-order valence-electron chi connectivity index (χ1n) is 9.97. The van der Waals surface area contributed by atoms with Crippen molar-refractivity contribution in [2.75, 3.05) is 23.3 Å². The van der Waals surface area contributed by atoms with E-state index in [0.29, 0.717) is 23.7 Å². The minimum atomic E-state index is -0.679. The predicted octanol–water partition coefficient (Wildman–Crippen LogP) is 3.14. The van der Waals surface area contributed by atoms with E-state index < -0.39 is 11.6 Å². The first-order valence-corrected chi connectivity index (χ1v) is 9.97. The number of hydrogen-bond acceptors (Lipinski definition) is 7. The molecule has 10 heteroatoms. The molecule has 0 saturated carbocycles. The quantitative estimate of drug-likeness (QED) is 0.521. The van der Waals surface area contributed by atoms with Gasteiger partial charge in [0, 0.05) is 19.1 Å². The van der Waals surface area contributed by atoms with Gasteiger partial charge in [0.2, 0.25) is 5.95 Å². The average Bonchev–Trinajstić information content (AvgIpc) is 3.16. The van der Waals surface area contributed by atoms with Gasteiger partial charge in [-0.15, -0.1) is 0 Å². The molecule has 1 saturated heterocycles. The van der Waals surface area contributed by atoms with Crippen molar-refractivity contribution >= 4 is 23.0 Å². The Balaban J connectivity index is 1.52. The van der Waals surface area contributed by atoms with E-state index in [0.717, 1.165) is 25.2 Å². The van der Waals surface area contributed by atoms with Crippen LogP contribution in [0.2, 0.25) is 0 Å². The zero-order valence-electron chi connectivity index (χ0n) is 16.5. The Morgan fingerprint density at radius 3 is 2.71 bits per heavy atom. The van der Waals surface area contributed by atoms with Crippen molar-refractivity contribution in [2.24, 2.45) is 5.73 Å². The molecule has 3 N–H and O–H groups in total. The van der Waals surface area contributed by atoms with Gasteiger partial charge in [0.05, 0.1) is 29.2 Å². The largest absolute Gasteiger partial charge is 0.353 e. The van der Waals surface area contributed by atoms with Crippen LogP contribution in [0.15, 0.2) is 49.1 Å². The molecule has 3 aromatic heterocycles. The number of hydrogen-bond donors (Lipinski definition) is 2. The summed E-state index contributed by atoms with van der Waals surface area (Å²) in [5.74, 6) is -0.257. The summed E-state index contributed by atoms with van der Waals surface area (Å²) in [6, 6.07) is 7.08. The average molecular weight is 422 g/mol. The minimum absolute atomic E-state index is 0.0868. The van der Waals surface area contributed by atoms with E-state index in [1.807, 2.05) is 0 Å². The van der Waals surface area contributed by atoms with Crippen molar-refractivity contribution in [3.8, 4) is 11.3 Å². The standard InChI is InChI=1S/C21H20F2N8/c22-15-4-1-5-16(23)19(15)17-7-6-14-9-26-21(31(14)29-17)28-18-10-25-12-27-20(18)30-8-2-3-13(24)11-30/h1,4-7,9-10,12-13H,2-3,8,11,24H2,(H,26,28)/t13-/m0/s1. The van der Waals surface area contributed by atoms with Crippen LogP contribution in [0, 0.1) is 11.6 Å². The number of piperidine rings is 1. The molecule has 0 unspecified atom stereocenters. The molecule has 1 fully saturated rings. The molecule has 8 nitrogen and oxygen atoms in total. The molecule has 158 valence electrons. The van der Waals surface area contributed by atoms with E-state index in [1.54, 1.807) is 24.5 Å². The molecule has 1 atom stereocenters. The minimum Gasteiger partial charge on any atom is -0.353 e. The van der Waals surface area contributed by atoms with Crippen LogP contribution in [-0.2, 0) is 0 Å². The second-order valence-corrected chi connectivity index (χ2v) is 7.47. The molecule has 1 aromatic carbocycles. The van der Waals surface area contributed by atoms with Crippen LogP contribution in [-0.4, -0.2) is 43.7 Å². The molecule has 0 bridgehead atoms. The fourth-order valence-corrected chi connectivity index (χ4v) is 3.83. The van der Waals surface area contributed by atoms with Gasteiger partial charge in [-0.3, -0.25) is 0 Å². The van der Waals surface area contributed by atoms with Crippen LogP contribution >= 0.6 is 0 Å². The molecular weight excluding hydrogens is 402 g/mol. The van der Waals surface area contributed by atoms with Gasteiger partial charge in [0.1, 0.15) is 23.6 Å². The molecule has 31 heavy (non-hydrogen) atoms. The Bertz CT molecular complexity index is 1220. The number of rotatable bonds is 4. The number of benzene rings is 1. The molecule has 1 aliphatic rings. The smallest absolute Gasteiger partial charge is 0.229 e. The molecule has 4 heterocycles. The molecule has 4 aromatic rings. The highest BCUT2D eigenvalue weighted by molar-refractivity contribution is 5.71. The second-order valence-electron chi connectivity index (χ2n) is 7.47. The van der Waals surface area contributed by atoms with Crippen LogP contribution in [0.3, 0.4) is 0 Å². The van der Waals surface area contributed by atoms with Crippen LogP contribution in [0.1, 0.15) is 12.8 Å². The van der Waals surface area contributed by atoms with Crippen molar-refractivity contribution in [1.82, 2.24) is 24.6 Å². The summed E-state index contributed by atoms with van der Waals surface area (Å²) in [7, 11) is 0. The SMILES string of the molecule is N[C@H]1CCCN(c2ncncc2Nc2ncc3ccc(-c4c(F)cccc4F)nn23)C1. The normalized spacial score (nSPS) is 16.6. The van der Waals surface area contributed by atoms with Gasteiger partial charge in [-0.1, -0.05) is 6.07 Å². The van der Waals surface area contributed by atoms with Crippen molar-refractivity contribution in [1.29, 1.82) is 0 Å². The van der Waals surface area contributed by atoms with E-state index in [4.69, 9.17) is 5.73 Å². The Morgan fingerprint density at radius 2 is 1.90 bits per heavy atom. The van der Waals surface area contributed by atoms with Gasteiger partial charge < -0.3 is 16.0 Å². The summed E-state index contributed by atoms with van der Waals surface area (Å²) >= 11 is 0. The van der Waals surface area contributed by atoms with Crippen LogP contribution < -0.4 is 16.0 Å². The zero-order valence-corrected chi connectivity index (χ0v) is 16.5. The third kappa shape index (κ3) is 3.66. The van der Waals surface area contributed by atoms with Crippen molar-refractivity contribution < 1.29 is 8.78 Å². The molecule has 0 radical (unpaired) electrons. The molecule has 5 rings (SSSR count). The highest BCUT2D eigenvalue weighted by Gasteiger charge is 2.21. The summed E-state index contributed by atoms with van der Waals surface area (Å²) in [5.41, 5.74) is 7.42. The monoisotopic (exact) mass is 422 g/mol. The Kier molecular flexibility index (Phi) is 4.91. The lowest BCUT2D eigenvalue weighted by molar-refractivity contribution is 0.503. The van der Waals surface area contributed by atoms with Crippen LogP contribution in [0.5, 0.6) is 0 Å². The lowest BCUT2D eigenvalue weighted by atomic mass is 10.1. The Morgan fingerprint density at radius 1 is 1.06 bits per heavy atom. The molecule has 0 aliphatic carbocycles. The number of fused-ring (bicyclic) bond motifs is 1. The van der Waals surface area contributed by atoms with E-state index in [1.165, 1.54) is 29.0 Å². The number of nitrogens with two attached hydrogens (primary N) is 1. The zero-order chi connectivity index (χ0) is 21.4. The summed E-state index contributed by atoms with van der Waals surface area (Å²) < 4.78 is 30.0. The first-order chi connectivity index (χ1) is 15.1. The number of nitrogens with zero attached hydrogens (tertiary/aromatic N) is 6. The third-order valence-corrected chi connectivity index (χ3v) is 5.30. The lowest BCUT2D eigenvalue weighted by Gasteiger charge is -2.32. The van der Waals surface area contributed by atoms with E-state index >= 15 is 0 Å². The van der Waals surface area contributed by atoms with Gasteiger partial charge >= 0.3 is 0 Å². The second kappa shape index (κ2) is 7.88. The third-order valence-electron chi connectivity index (χ3n) is 5.30. The summed E-state index contributed by atoms with van der Waals surface area (Å²) in [5, 5.41) is 7.62. The number of imidazole rings is 1. The number of aromatic nitrogens is 5. The van der Waals surface area contributed by atoms with Gasteiger partial charge in [0.25, 0.3) is 0 Å². The summed E-state index contributed by atoms with van der Waals surface area (Å²) in [4.78, 5) is 15.0. The van der Waals surface area contributed by atoms with E-state index in [2.05, 4.69) is 30.3 Å². The van der Waals surface area contributed by atoms with Crippen LogP contribution in [0.25, 0.3) is 16.8 Å². The Labute approximate surface area is 176 Å². The number of nitrogens with one attached hydrogen (secondary N) is 1. The maximum Gasteiger partial charge on any atom is 0.229 e.